The molecule has 0 bridgehead atoms. The summed E-state index contributed by atoms with van der Waals surface area (Å²) in [5.41, 5.74) is 0.346. The summed E-state index contributed by atoms with van der Waals surface area (Å²) in [6.45, 7) is 0. The van der Waals surface area contributed by atoms with Gasteiger partial charge in [-0.1, -0.05) is 0 Å². The summed E-state index contributed by atoms with van der Waals surface area (Å²) in [5.74, 6) is -1.28. The number of rotatable bonds is 2. The maximum absolute atomic E-state index is 10.3. The van der Waals surface area contributed by atoms with Crippen LogP contribution in [-0.2, 0) is 7.05 Å². The van der Waals surface area contributed by atoms with Crippen LogP contribution in [-0.4, -0.2) is 16.8 Å². The molecule has 58 valence electrons. The van der Waals surface area contributed by atoms with Crippen molar-refractivity contribution in [1.82, 2.24) is 4.57 Å². The van der Waals surface area contributed by atoms with Crippen molar-refractivity contribution in [3.8, 4) is 0 Å². The van der Waals surface area contributed by atoms with Gasteiger partial charge in [-0.05, 0) is 6.07 Å². The largest absolute Gasteiger partial charge is 1.00 e. The first-order valence-electron chi connectivity index (χ1n) is 2.98. The second kappa shape index (κ2) is 4.15. The molecule has 0 radical (unpaired) electrons. The van der Waals surface area contributed by atoms with E-state index >= 15 is 0 Å². The monoisotopic (exact) mass is 159 g/mol. The van der Waals surface area contributed by atoms with Crippen LogP contribution in [0.15, 0.2) is 12.3 Å². The van der Waals surface area contributed by atoms with Crippen LogP contribution in [0.4, 0.5) is 0 Å². The Balaban J connectivity index is 0.00000121. The number of nitrogens with zero attached hydrogens (tertiary/aromatic N) is 1. The predicted octanol–water partition coefficient (Wildman–Crippen LogP) is -3.79. The Morgan fingerprint density at radius 1 is 1.67 bits per heavy atom. The molecule has 0 spiro atoms. The van der Waals surface area contributed by atoms with E-state index in [9.17, 15) is 14.7 Å². The van der Waals surface area contributed by atoms with E-state index in [1.807, 2.05) is 0 Å². The molecular formula is C7H6LiNO3. The van der Waals surface area contributed by atoms with Crippen LogP contribution in [0.3, 0.4) is 0 Å². The van der Waals surface area contributed by atoms with E-state index in [1.54, 1.807) is 0 Å². The van der Waals surface area contributed by atoms with Crippen LogP contribution in [0, 0.1) is 0 Å². The van der Waals surface area contributed by atoms with Crippen molar-refractivity contribution in [2.45, 2.75) is 0 Å². The second-order valence-electron chi connectivity index (χ2n) is 2.17. The minimum atomic E-state index is -1.28. The van der Waals surface area contributed by atoms with Gasteiger partial charge in [-0.25, -0.2) is 0 Å². The van der Waals surface area contributed by atoms with E-state index in [0.717, 1.165) is 0 Å². The molecular weight excluding hydrogens is 153 g/mol. The Morgan fingerprint density at radius 3 is 2.50 bits per heavy atom. The van der Waals surface area contributed by atoms with Crippen LogP contribution in [0.2, 0.25) is 0 Å². The molecule has 0 N–H and O–H groups in total. The van der Waals surface area contributed by atoms with Crippen LogP contribution in [0.5, 0.6) is 0 Å². The summed E-state index contributed by atoms with van der Waals surface area (Å²) in [4.78, 5) is 20.5. The number of aldehydes is 1. The molecule has 0 atom stereocenters. The van der Waals surface area contributed by atoms with Gasteiger partial charge in [0, 0.05) is 18.8 Å². The van der Waals surface area contributed by atoms with Crippen molar-refractivity contribution in [2.75, 3.05) is 0 Å². The standard InChI is InChI=1S/C7H7NO3.Li/c1-8-3-5(4-9)2-6(8)7(10)11;/h2-4H,1H3,(H,10,11);/q;+1/p-1. The maximum Gasteiger partial charge on any atom is 1.00 e. The zero-order chi connectivity index (χ0) is 8.43. The van der Waals surface area contributed by atoms with Crippen LogP contribution in [0.25, 0.3) is 0 Å². The molecule has 5 heteroatoms. The SMILES string of the molecule is Cn1cc(C=O)cc1C(=O)[O-].[Li+]. The molecule has 1 heterocycles. The molecule has 0 aliphatic carbocycles. The summed E-state index contributed by atoms with van der Waals surface area (Å²) in [7, 11) is 1.54. The van der Waals surface area contributed by atoms with Gasteiger partial charge >= 0.3 is 18.9 Å². The topological polar surface area (TPSA) is 62.1 Å². The number of carbonyl (C=O) groups is 2. The number of aromatic nitrogens is 1. The van der Waals surface area contributed by atoms with Gasteiger partial charge in [0.25, 0.3) is 0 Å². The van der Waals surface area contributed by atoms with Crippen LogP contribution < -0.4 is 24.0 Å². The first kappa shape index (κ1) is 11.0. The summed E-state index contributed by atoms with van der Waals surface area (Å²) in [6, 6.07) is 1.27. The first-order chi connectivity index (χ1) is 5.15. The zero-order valence-electron chi connectivity index (χ0n) is 6.90. The van der Waals surface area contributed by atoms with Crippen LogP contribution >= 0.6 is 0 Å². The normalized spacial score (nSPS) is 8.75. The molecule has 4 nitrogen and oxygen atoms in total. The van der Waals surface area contributed by atoms with E-state index in [0.29, 0.717) is 11.8 Å². The van der Waals surface area contributed by atoms with E-state index in [4.69, 9.17) is 0 Å². The van der Waals surface area contributed by atoms with E-state index in [-0.39, 0.29) is 24.6 Å². The van der Waals surface area contributed by atoms with Crippen molar-refractivity contribution >= 4 is 12.3 Å². The molecule has 1 aromatic heterocycles. The summed E-state index contributed by atoms with van der Waals surface area (Å²) in [6.07, 6.45) is 2.02. The number of aryl methyl sites for hydroxylation is 1. The summed E-state index contributed by atoms with van der Waals surface area (Å²) in [5, 5.41) is 10.3. The predicted molar refractivity (Wildman–Crippen MR) is 35.1 cm³/mol. The van der Waals surface area contributed by atoms with Gasteiger partial charge < -0.3 is 14.5 Å². The summed E-state index contributed by atoms with van der Waals surface area (Å²) >= 11 is 0. The number of carboxylic acid groups (broad SMARTS) is 1. The molecule has 0 saturated heterocycles. The van der Waals surface area contributed by atoms with Gasteiger partial charge in [-0.15, -0.1) is 0 Å². The third-order valence-electron chi connectivity index (χ3n) is 1.37. The molecule has 0 aliphatic rings. The van der Waals surface area contributed by atoms with Crippen molar-refractivity contribution in [1.29, 1.82) is 0 Å². The number of carboxylic acids is 1. The molecule has 0 unspecified atom stereocenters. The van der Waals surface area contributed by atoms with Crippen LogP contribution in [0.1, 0.15) is 20.8 Å². The Kier molecular flexibility index (Phi) is 3.81. The molecule has 0 aliphatic heterocycles. The van der Waals surface area contributed by atoms with Gasteiger partial charge in [0.15, 0.2) is 6.29 Å². The van der Waals surface area contributed by atoms with Gasteiger partial charge in [-0.2, -0.15) is 0 Å². The number of hydrogen-bond acceptors (Lipinski definition) is 3. The third kappa shape index (κ3) is 2.00. The maximum atomic E-state index is 10.3. The van der Waals surface area contributed by atoms with Gasteiger partial charge in [0.05, 0.1) is 11.7 Å². The Hall–Kier alpha value is -0.983. The molecule has 1 aromatic rings. The molecule has 0 saturated carbocycles. The Bertz CT molecular complexity index is 306. The quantitative estimate of drug-likeness (QED) is 0.328. The minimum Gasteiger partial charge on any atom is -0.543 e. The minimum absolute atomic E-state index is 0. The fourth-order valence-electron chi connectivity index (χ4n) is 0.857. The molecule has 0 amide bonds. The Labute approximate surface area is 81.4 Å². The molecule has 0 aromatic carbocycles. The van der Waals surface area contributed by atoms with Crippen molar-refractivity contribution in [3.63, 3.8) is 0 Å². The average molecular weight is 159 g/mol. The Morgan fingerprint density at radius 2 is 2.25 bits per heavy atom. The smallest absolute Gasteiger partial charge is 0.543 e. The van der Waals surface area contributed by atoms with E-state index < -0.39 is 5.97 Å². The van der Waals surface area contributed by atoms with Gasteiger partial charge in [-0.3, -0.25) is 4.79 Å². The molecule has 12 heavy (non-hydrogen) atoms. The zero-order valence-corrected chi connectivity index (χ0v) is 6.90. The first-order valence-corrected chi connectivity index (χ1v) is 2.98. The van der Waals surface area contributed by atoms with Crippen molar-refractivity contribution in [3.05, 3.63) is 23.5 Å². The van der Waals surface area contributed by atoms with E-state index in [1.165, 1.54) is 23.9 Å². The molecule has 0 fully saturated rings. The number of hydrogen-bond donors (Lipinski definition) is 0. The van der Waals surface area contributed by atoms with Crippen molar-refractivity contribution < 1.29 is 33.6 Å². The van der Waals surface area contributed by atoms with Gasteiger partial charge in [0.1, 0.15) is 0 Å². The van der Waals surface area contributed by atoms with Crippen molar-refractivity contribution in [2.24, 2.45) is 7.05 Å². The van der Waals surface area contributed by atoms with Gasteiger partial charge in [0.2, 0.25) is 0 Å². The fourth-order valence-corrected chi connectivity index (χ4v) is 0.857. The third-order valence-corrected chi connectivity index (χ3v) is 1.37. The number of aromatic carboxylic acids is 1. The fraction of sp³-hybridized carbons (Fsp3) is 0.143. The average Bonchev–Trinajstić information content (AvgIpc) is 2.30. The number of carbonyl (C=O) groups excluding carboxylic acids is 2. The molecule has 1 rings (SSSR count). The van der Waals surface area contributed by atoms with E-state index in [2.05, 4.69) is 0 Å². The summed E-state index contributed by atoms with van der Waals surface area (Å²) < 4.78 is 1.33. The second-order valence-corrected chi connectivity index (χ2v) is 2.17.